The van der Waals surface area contributed by atoms with Gasteiger partial charge in [0, 0.05) is 6.42 Å². The van der Waals surface area contributed by atoms with Gasteiger partial charge in [0.25, 0.3) is 0 Å². The van der Waals surface area contributed by atoms with Gasteiger partial charge in [0.2, 0.25) is 0 Å². The molecule has 17 heavy (non-hydrogen) atoms. The second-order valence-corrected chi connectivity index (χ2v) is 5.66. The molecule has 1 atom stereocenters. The number of esters is 1. The van der Waals surface area contributed by atoms with Crippen molar-refractivity contribution >= 4 is 34.3 Å². The Bertz CT molecular complexity index is 278. The maximum Gasteiger partial charge on any atom is 0.319 e. The Balaban J connectivity index is 2.74. The van der Waals surface area contributed by atoms with Crippen LogP contribution < -0.4 is 0 Å². The van der Waals surface area contributed by atoms with E-state index in [1.807, 2.05) is 0 Å². The third-order valence-electron chi connectivity index (χ3n) is 3.44. The van der Waals surface area contributed by atoms with E-state index in [0.717, 1.165) is 30.1 Å². The summed E-state index contributed by atoms with van der Waals surface area (Å²) in [4.78, 5) is 24.2. The summed E-state index contributed by atoms with van der Waals surface area (Å²) in [5.41, 5.74) is -0.805. The van der Waals surface area contributed by atoms with Gasteiger partial charge in [-0.25, -0.2) is 0 Å². The largest absolute Gasteiger partial charge is 0.465 e. The van der Waals surface area contributed by atoms with Crippen LogP contribution in [-0.4, -0.2) is 22.8 Å². The molecule has 0 aromatic heterocycles. The number of hydrogen-bond donors (Lipinski definition) is 0. The molecule has 0 aromatic carbocycles. The number of rotatable bonds is 6. The van der Waals surface area contributed by atoms with Crippen molar-refractivity contribution in [2.75, 3.05) is 11.0 Å². The van der Waals surface area contributed by atoms with Gasteiger partial charge in [0.15, 0.2) is 0 Å². The molecule has 0 radical (unpaired) electrons. The Morgan fingerprint density at radius 3 is 2.76 bits per heavy atom. The fourth-order valence-electron chi connectivity index (χ4n) is 2.46. The van der Waals surface area contributed by atoms with Crippen LogP contribution in [0, 0.1) is 5.41 Å². The number of carbonyl (C=O) groups is 2. The molecule has 1 aliphatic rings. The Hall–Kier alpha value is -0.130. The SMILES string of the molecule is CCOC(=O)C1(CCCCI)CCCCC1=O. The Labute approximate surface area is 117 Å². The normalized spacial score (nSPS) is 24.7. The molecule has 0 aliphatic heterocycles. The topological polar surface area (TPSA) is 43.4 Å². The smallest absolute Gasteiger partial charge is 0.319 e. The van der Waals surface area contributed by atoms with Crippen molar-refractivity contribution in [3.8, 4) is 0 Å². The number of ether oxygens (including phenoxy) is 1. The standard InChI is InChI=1S/C13H21IO3/c1-2-17-12(16)13(9-5-6-10-14)8-4-3-7-11(13)15/h2-10H2,1H3. The molecule has 4 heteroatoms. The molecule has 1 unspecified atom stereocenters. The van der Waals surface area contributed by atoms with Crippen LogP contribution in [-0.2, 0) is 14.3 Å². The van der Waals surface area contributed by atoms with Crippen molar-refractivity contribution in [3.63, 3.8) is 0 Å². The minimum atomic E-state index is -0.805. The number of halogens is 1. The number of unbranched alkanes of at least 4 members (excludes halogenated alkanes) is 1. The predicted molar refractivity (Wildman–Crippen MR) is 75.3 cm³/mol. The molecule has 1 aliphatic carbocycles. The lowest BCUT2D eigenvalue weighted by Crippen LogP contribution is -2.43. The van der Waals surface area contributed by atoms with E-state index in [2.05, 4.69) is 22.6 Å². The lowest BCUT2D eigenvalue weighted by Gasteiger charge is -2.33. The Morgan fingerprint density at radius 1 is 1.41 bits per heavy atom. The minimum Gasteiger partial charge on any atom is -0.465 e. The third kappa shape index (κ3) is 3.66. The molecule has 0 saturated heterocycles. The van der Waals surface area contributed by atoms with Gasteiger partial charge in [0.05, 0.1) is 6.61 Å². The highest BCUT2D eigenvalue weighted by Crippen LogP contribution is 2.39. The zero-order valence-corrected chi connectivity index (χ0v) is 12.6. The first-order chi connectivity index (χ1) is 8.17. The average Bonchev–Trinajstić information content (AvgIpc) is 2.32. The molecular formula is C13H21IO3. The lowest BCUT2D eigenvalue weighted by molar-refractivity contribution is -0.163. The van der Waals surface area contributed by atoms with Crippen molar-refractivity contribution in [1.29, 1.82) is 0 Å². The number of ketones is 1. The van der Waals surface area contributed by atoms with Gasteiger partial charge in [-0.05, 0) is 37.0 Å². The van der Waals surface area contributed by atoms with Crippen LogP contribution in [0.3, 0.4) is 0 Å². The van der Waals surface area contributed by atoms with Gasteiger partial charge >= 0.3 is 5.97 Å². The summed E-state index contributed by atoms with van der Waals surface area (Å²) in [7, 11) is 0. The molecule has 0 heterocycles. The van der Waals surface area contributed by atoms with E-state index in [1.54, 1.807) is 6.92 Å². The van der Waals surface area contributed by atoms with Gasteiger partial charge in [0.1, 0.15) is 11.2 Å². The molecule has 0 bridgehead atoms. The molecule has 0 amide bonds. The zero-order valence-electron chi connectivity index (χ0n) is 10.5. The van der Waals surface area contributed by atoms with Crippen LogP contribution >= 0.6 is 22.6 Å². The van der Waals surface area contributed by atoms with Gasteiger partial charge in [-0.2, -0.15) is 0 Å². The second-order valence-electron chi connectivity index (χ2n) is 4.58. The monoisotopic (exact) mass is 352 g/mol. The fourth-order valence-corrected chi connectivity index (χ4v) is 3.00. The fraction of sp³-hybridized carbons (Fsp3) is 0.846. The maximum absolute atomic E-state index is 12.1. The second kappa shape index (κ2) is 7.34. The van der Waals surface area contributed by atoms with Crippen molar-refractivity contribution < 1.29 is 14.3 Å². The Kier molecular flexibility index (Phi) is 6.44. The molecular weight excluding hydrogens is 331 g/mol. The molecule has 1 rings (SSSR count). The number of carbonyl (C=O) groups excluding carboxylic acids is 2. The number of hydrogen-bond acceptors (Lipinski definition) is 3. The van der Waals surface area contributed by atoms with Crippen LogP contribution in [0.1, 0.15) is 51.9 Å². The quantitative estimate of drug-likeness (QED) is 0.242. The zero-order chi connectivity index (χ0) is 12.7. The van der Waals surface area contributed by atoms with Gasteiger partial charge in [-0.15, -0.1) is 0 Å². The minimum absolute atomic E-state index is 0.107. The summed E-state index contributed by atoms with van der Waals surface area (Å²) in [5, 5.41) is 0. The van der Waals surface area contributed by atoms with Crippen molar-refractivity contribution in [3.05, 3.63) is 0 Å². The first kappa shape index (κ1) is 14.9. The first-order valence-corrected chi connectivity index (χ1v) is 7.96. The van der Waals surface area contributed by atoms with E-state index in [0.29, 0.717) is 25.9 Å². The summed E-state index contributed by atoms with van der Waals surface area (Å²) >= 11 is 2.32. The highest BCUT2D eigenvalue weighted by Gasteiger charge is 2.47. The van der Waals surface area contributed by atoms with E-state index in [9.17, 15) is 9.59 Å². The molecule has 98 valence electrons. The van der Waals surface area contributed by atoms with E-state index in [4.69, 9.17) is 4.74 Å². The molecule has 1 saturated carbocycles. The van der Waals surface area contributed by atoms with Crippen LogP contribution in [0.5, 0.6) is 0 Å². The number of Topliss-reactive ketones (excluding diaryl/α,β-unsaturated/α-hetero) is 1. The highest BCUT2D eigenvalue weighted by atomic mass is 127. The average molecular weight is 352 g/mol. The summed E-state index contributed by atoms with van der Waals surface area (Å²) in [5.74, 6) is -0.172. The van der Waals surface area contributed by atoms with Crippen LogP contribution in [0.2, 0.25) is 0 Å². The van der Waals surface area contributed by atoms with Crippen molar-refractivity contribution in [1.82, 2.24) is 0 Å². The van der Waals surface area contributed by atoms with E-state index >= 15 is 0 Å². The number of alkyl halides is 1. The van der Waals surface area contributed by atoms with Crippen molar-refractivity contribution in [2.24, 2.45) is 5.41 Å². The van der Waals surface area contributed by atoms with Gasteiger partial charge < -0.3 is 4.74 Å². The summed E-state index contributed by atoms with van der Waals surface area (Å²) in [6.07, 6.45) is 5.80. The summed E-state index contributed by atoms with van der Waals surface area (Å²) in [6, 6.07) is 0. The molecule has 3 nitrogen and oxygen atoms in total. The predicted octanol–water partition coefficient (Wildman–Crippen LogP) is 3.28. The Morgan fingerprint density at radius 2 is 2.18 bits per heavy atom. The van der Waals surface area contributed by atoms with Gasteiger partial charge in [-0.3, -0.25) is 9.59 Å². The van der Waals surface area contributed by atoms with E-state index in [1.165, 1.54) is 0 Å². The molecule has 0 N–H and O–H groups in total. The summed E-state index contributed by atoms with van der Waals surface area (Å²) in [6.45, 7) is 2.16. The van der Waals surface area contributed by atoms with Crippen LogP contribution in [0.25, 0.3) is 0 Å². The molecule has 1 fully saturated rings. The van der Waals surface area contributed by atoms with E-state index in [-0.39, 0.29) is 11.8 Å². The first-order valence-electron chi connectivity index (χ1n) is 6.44. The maximum atomic E-state index is 12.1. The molecule has 0 spiro atoms. The van der Waals surface area contributed by atoms with Gasteiger partial charge in [-0.1, -0.05) is 35.4 Å². The van der Waals surface area contributed by atoms with Crippen molar-refractivity contribution in [2.45, 2.75) is 51.9 Å². The lowest BCUT2D eigenvalue weighted by atomic mass is 9.70. The third-order valence-corrected chi connectivity index (χ3v) is 4.21. The van der Waals surface area contributed by atoms with Crippen LogP contribution in [0.15, 0.2) is 0 Å². The van der Waals surface area contributed by atoms with Crippen LogP contribution in [0.4, 0.5) is 0 Å². The summed E-state index contributed by atoms with van der Waals surface area (Å²) < 4.78 is 6.20. The molecule has 0 aromatic rings. The van der Waals surface area contributed by atoms with E-state index < -0.39 is 5.41 Å². The highest BCUT2D eigenvalue weighted by molar-refractivity contribution is 14.1.